The van der Waals surface area contributed by atoms with Gasteiger partial charge in [-0.25, -0.2) is 4.79 Å². The van der Waals surface area contributed by atoms with Crippen LogP contribution in [0.15, 0.2) is 35.1 Å². The molecular weight excluding hydrogens is 391 g/mol. The summed E-state index contributed by atoms with van der Waals surface area (Å²) in [6.45, 7) is 0.626. The number of phenolic OH excluding ortho intramolecular Hbond substituents is 1. The third-order valence-corrected chi connectivity index (χ3v) is 4.67. The average Bonchev–Trinajstić information content (AvgIpc) is 2.96. The van der Waals surface area contributed by atoms with E-state index in [9.17, 15) is 9.90 Å². The molecule has 0 spiro atoms. The number of phenols is 1. The molecule has 0 bridgehead atoms. The van der Waals surface area contributed by atoms with Crippen LogP contribution < -0.4 is 10.4 Å². The van der Waals surface area contributed by atoms with Gasteiger partial charge >= 0.3 is 5.69 Å². The van der Waals surface area contributed by atoms with Crippen molar-refractivity contribution < 1.29 is 9.84 Å². The van der Waals surface area contributed by atoms with Crippen LogP contribution >= 0.6 is 23.2 Å². The molecule has 0 saturated carbocycles. The molecule has 2 aromatic heterocycles. The Morgan fingerprint density at radius 1 is 1.15 bits per heavy atom. The topological polar surface area (TPSA) is 82.2 Å². The number of pyridine rings is 1. The van der Waals surface area contributed by atoms with Gasteiger partial charge in [0.05, 0.1) is 5.02 Å². The highest BCUT2D eigenvalue weighted by molar-refractivity contribution is 6.36. The van der Waals surface area contributed by atoms with Crippen molar-refractivity contribution in [1.82, 2.24) is 19.3 Å². The molecule has 7 nitrogen and oxygen atoms in total. The van der Waals surface area contributed by atoms with E-state index in [4.69, 9.17) is 27.9 Å². The third kappa shape index (κ3) is 3.52. The van der Waals surface area contributed by atoms with Gasteiger partial charge in [-0.15, -0.1) is 5.10 Å². The van der Waals surface area contributed by atoms with E-state index in [-0.39, 0.29) is 46.4 Å². The zero-order valence-corrected chi connectivity index (χ0v) is 15.0. The Balaban J connectivity index is 0.00000210. The predicted octanol–water partition coefficient (Wildman–Crippen LogP) is 4.21. The first-order valence-electron chi connectivity index (χ1n) is 8.05. The van der Waals surface area contributed by atoms with Crippen LogP contribution in [0.1, 0.15) is 26.1 Å². The van der Waals surface area contributed by atoms with Crippen molar-refractivity contribution in [2.45, 2.75) is 33.2 Å². The van der Waals surface area contributed by atoms with Gasteiger partial charge in [0, 0.05) is 13.0 Å². The summed E-state index contributed by atoms with van der Waals surface area (Å²) < 4.78 is 8.39. The normalized spacial score (nSPS) is 13.0. The van der Waals surface area contributed by atoms with Crippen molar-refractivity contribution in [1.29, 1.82) is 0 Å². The van der Waals surface area contributed by atoms with Crippen molar-refractivity contribution in [3.63, 3.8) is 0 Å². The van der Waals surface area contributed by atoms with Gasteiger partial charge in [0.15, 0.2) is 17.3 Å². The second kappa shape index (κ2) is 7.62. The maximum absolute atomic E-state index is 12.6. The Kier molecular flexibility index (Phi) is 5.43. The van der Waals surface area contributed by atoms with Crippen LogP contribution in [0, 0.1) is 0 Å². The Hall–Kier alpha value is -2.51. The number of benzene rings is 1. The fourth-order valence-electron chi connectivity index (χ4n) is 2.85. The van der Waals surface area contributed by atoms with Gasteiger partial charge in [0.25, 0.3) is 0 Å². The summed E-state index contributed by atoms with van der Waals surface area (Å²) in [6.07, 6.45) is 2.65. The first kappa shape index (κ1) is 19.3. The summed E-state index contributed by atoms with van der Waals surface area (Å²) >= 11 is 12.4. The highest BCUT2D eigenvalue weighted by Gasteiger charge is 2.21. The van der Waals surface area contributed by atoms with Crippen molar-refractivity contribution in [2.75, 3.05) is 0 Å². The molecule has 0 unspecified atom stereocenters. The number of halogens is 2. The molecule has 4 rings (SSSR count). The molecule has 1 N–H and O–H groups in total. The number of hydrogen-bond donors (Lipinski definition) is 1. The van der Waals surface area contributed by atoms with Gasteiger partial charge in [-0.1, -0.05) is 42.8 Å². The lowest BCUT2D eigenvalue weighted by Crippen LogP contribution is -2.26. The summed E-state index contributed by atoms with van der Waals surface area (Å²) in [5, 5.41) is 14.5. The van der Waals surface area contributed by atoms with Crippen molar-refractivity contribution >= 4 is 23.2 Å². The Labute approximate surface area is 165 Å². The van der Waals surface area contributed by atoms with E-state index in [1.165, 1.54) is 12.1 Å². The fourth-order valence-corrected chi connectivity index (χ4v) is 3.32. The fraction of sp³-hybridized carbons (Fsp3) is 0.278. The maximum Gasteiger partial charge on any atom is 0.352 e. The molecule has 142 valence electrons. The SMILES string of the molecule is C.O=c1n(-c2nc(Oc3ccccc3O)c(Cl)cc2Cl)nc2n1CCCC2. The first-order chi connectivity index (χ1) is 12.5. The van der Waals surface area contributed by atoms with Crippen LogP contribution in [-0.2, 0) is 13.0 Å². The Morgan fingerprint density at radius 2 is 1.93 bits per heavy atom. The Morgan fingerprint density at radius 3 is 2.67 bits per heavy atom. The highest BCUT2D eigenvalue weighted by Crippen LogP contribution is 2.35. The van der Waals surface area contributed by atoms with E-state index in [1.54, 1.807) is 22.8 Å². The van der Waals surface area contributed by atoms with Gasteiger partial charge in [0.2, 0.25) is 5.88 Å². The van der Waals surface area contributed by atoms with E-state index in [0.717, 1.165) is 23.9 Å². The number of nitrogens with zero attached hydrogens (tertiary/aromatic N) is 4. The molecule has 1 aliphatic heterocycles. The molecule has 3 heterocycles. The Bertz CT molecular complexity index is 1050. The number of hydrogen-bond acceptors (Lipinski definition) is 5. The number of rotatable bonds is 3. The number of aromatic hydroxyl groups is 1. The summed E-state index contributed by atoms with van der Waals surface area (Å²) in [5.74, 6) is 0.985. The van der Waals surface area contributed by atoms with E-state index >= 15 is 0 Å². The first-order valence-corrected chi connectivity index (χ1v) is 8.81. The minimum absolute atomic E-state index is 0. The van der Waals surface area contributed by atoms with Crippen LogP contribution in [0.25, 0.3) is 5.82 Å². The number of aryl methyl sites for hydroxylation is 1. The van der Waals surface area contributed by atoms with Gasteiger partial charge in [-0.3, -0.25) is 4.57 Å². The van der Waals surface area contributed by atoms with Crippen molar-refractivity contribution in [3.8, 4) is 23.2 Å². The second-order valence-electron chi connectivity index (χ2n) is 5.87. The lowest BCUT2D eigenvalue weighted by molar-refractivity contribution is 0.402. The molecule has 27 heavy (non-hydrogen) atoms. The van der Waals surface area contributed by atoms with Crippen molar-refractivity contribution in [2.24, 2.45) is 0 Å². The standard InChI is InChI=1S/C17H14Cl2N4O3.CH4/c18-10-9-11(19)16(26-13-6-2-1-5-12(13)24)20-15(10)23-17(25)22-8-4-3-7-14(22)21-23;/h1-2,5-6,9,24H,3-4,7-8H2;1H4. The molecule has 9 heteroatoms. The van der Waals surface area contributed by atoms with Crippen LogP contribution in [0.5, 0.6) is 17.4 Å². The van der Waals surface area contributed by atoms with E-state index in [2.05, 4.69) is 10.1 Å². The van der Waals surface area contributed by atoms with Gasteiger partial charge in [-0.05, 0) is 31.0 Å². The molecule has 3 aromatic rings. The number of aromatic nitrogens is 4. The quantitative estimate of drug-likeness (QED) is 0.701. The maximum atomic E-state index is 12.6. The summed E-state index contributed by atoms with van der Waals surface area (Å²) in [4.78, 5) is 16.9. The largest absolute Gasteiger partial charge is 0.504 e. The number of para-hydroxylation sites is 2. The van der Waals surface area contributed by atoms with Crippen LogP contribution in [0.3, 0.4) is 0 Å². The predicted molar refractivity (Wildman–Crippen MR) is 103 cm³/mol. The van der Waals surface area contributed by atoms with Gasteiger partial charge < -0.3 is 9.84 Å². The zero-order chi connectivity index (χ0) is 18.3. The average molecular weight is 409 g/mol. The van der Waals surface area contributed by atoms with E-state index < -0.39 is 0 Å². The molecule has 0 saturated heterocycles. The molecule has 1 aromatic carbocycles. The van der Waals surface area contributed by atoms with Crippen LogP contribution in [-0.4, -0.2) is 24.4 Å². The second-order valence-corrected chi connectivity index (χ2v) is 6.68. The zero-order valence-electron chi connectivity index (χ0n) is 13.5. The smallest absolute Gasteiger partial charge is 0.352 e. The minimum atomic E-state index is -0.301. The molecule has 0 aliphatic carbocycles. The summed E-state index contributed by atoms with van der Waals surface area (Å²) in [5.41, 5.74) is -0.301. The van der Waals surface area contributed by atoms with Crippen molar-refractivity contribution in [3.05, 3.63) is 56.7 Å². The molecule has 1 aliphatic rings. The van der Waals surface area contributed by atoms with Crippen LogP contribution in [0.4, 0.5) is 0 Å². The molecule has 0 atom stereocenters. The summed E-state index contributed by atoms with van der Waals surface area (Å²) in [6, 6.07) is 7.86. The minimum Gasteiger partial charge on any atom is -0.504 e. The lowest BCUT2D eigenvalue weighted by atomic mass is 10.2. The lowest BCUT2D eigenvalue weighted by Gasteiger charge is -2.10. The van der Waals surface area contributed by atoms with E-state index in [1.807, 2.05) is 0 Å². The van der Waals surface area contributed by atoms with Gasteiger partial charge in [0.1, 0.15) is 10.8 Å². The molecule has 0 radical (unpaired) electrons. The third-order valence-electron chi connectivity index (χ3n) is 4.12. The van der Waals surface area contributed by atoms with Gasteiger partial charge in [-0.2, -0.15) is 9.67 Å². The number of ether oxygens (including phenoxy) is 1. The molecular formula is C18H18Cl2N4O3. The molecule has 0 amide bonds. The number of fused-ring (bicyclic) bond motifs is 1. The monoisotopic (exact) mass is 408 g/mol. The van der Waals surface area contributed by atoms with Crippen LogP contribution in [0.2, 0.25) is 10.0 Å². The highest BCUT2D eigenvalue weighted by atomic mass is 35.5. The summed E-state index contributed by atoms with van der Waals surface area (Å²) in [7, 11) is 0. The van der Waals surface area contributed by atoms with E-state index in [0.29, 0.717) is 12.4 Å². The molecule has 0 fully saturated rings.